The third-order valence-electron chi connectivity index (χ3n) is 2.46. The summed E-state index contributed by atoms with van der Waals surface area (Å²) in [5.41, 5.74) is 1.32. The lowest BCUT2D eigenvalue weighted by molar-refractivity contribution is 0.0917. The number of hydrogen-bond acceptors (Lipinski definition) is 3. The molecule has 0 aliphatic rings. The average molecular weight is 245 g/mol. The standard InChI is InChI=1S/C13H15N3O2/c1-10(17)7-15-13(18)12-8-14-9-16(12)11-5-3-2-4-6-11/h2-6,8-10,17H,7H2,1H3,(H,15,18)/t10-/m1/s1. The van der Waals surface area contributed by atoms with E-state index < -0.39 is 6.10 Å². The smallest absolute Gasteiger partial charge is 0.270 e. The van der Waals surface area contributed by atoms with E-state index in [1.807, 2.05) is 30.3 Å². The first kappa shape index (κ1) is 12.3. The summed E-state index contributed by atoms with van der Waals surface area (Å²) in [6.07, 6.45) is 2.53. The molecule has 1 atom stereocenters. The number of rotatable bonds is 4. The van der Waals surface area contributed by atoms with Crippen molar-refractivity contribution in [1.82, 2.24) is 14.9 Å². The predicted molar refractivity (Wildman–Crippen MR) is 67.6 cm³/mol. The van der Waals surface area contributed by atoms with Crippen LogP contribution in [0, 0.1) is 0 Å². The minimum atomic E-state index is -0.568. The molecule has 0 saturated heterocycles. The first-order valence-corrected chi connectivity index (χ1v) is 5.72. The second-order valence-corrected chi connectivity index (χ2v) is 4.04. The topological polar surface area (TPSA) is 67.2 Å². The van der Waals surface area contributed by atoms with Gasteiger partial charge in [-0.15, -0.1) is 0 Å². The lowest BCUT2D eigenvalue weighted by Gasteiger charge is -2.09. The number of imidazole rings is 1. The number of benzene rings is 1. The molecule has 2 aromatic rings. The van der Waals surface area contributed by atoms with Crippen molar-refractivity contribution in [2.24, 2.45) is 0 Å². The number of para-hydroxylation sites is 1. The second-order valence-electron chi connectivity index (χ2n) is 4.04. The van der Waals surface area contributed by atoms with E-state index in [0.29, 0.717) is 5.69 Å². The summed E-state index contributed by atoms with van der Waals surface area (Å²) < 4.78 is 1.71. The SMILES string of the molecule is C[C@@H](O)CNC(=O)c1cncn1-c1ccccc1. The molecule has 0 radical (unpaired) electrons. The highest BCUT2D eigenvalue weighted by Gasteiger charge is 2.12. The van der Waals surface area contributed by atoms with Gasteiger partial charge in [0.1, 0.15) is 5.69 Å². The van der Waals surface area contributed by atoms with Crippen LogP contribution in [0.15, 0.2) is 42.9 Å². The van der Waals surface area contributed by atoms with Gasteiger partial charge in [-0.2, -0.15) is 0 Å². The van der Waals surface area contributed by atoms with Gasteiger partial charge in [0.2, 0.25) is 0 Å². The van der Waals surface area contributed by atoms with E-state index in [1.54, 1.807) is 17.8 Å². The highest BCUT2D eigenvalue weighted by atomic mass is 16.3. The van der Waals surface area contributed by atoms with Gasteiger partial charge >= 0.3 is 0 Å². The monoisotopic (exact) mass is 245 g/mol. The maximum atomic E-state index is 11.9. The molecule has 1 amide bonds. The fraction of sp³-hybridized carbons (Fsp3) is 0.231. The van der Waals surface area contributed by atoms with Crippen LogP contribution in [0.2, 0.25) is 0 Å². The third-order valence-corrected chi connectivity index (χ3v) is 2.46. The molecule has 2 rings (SSSR count). The Kier molecular flexibility index (Phi) is 3.74. The molecule has 0 saturated carbocycles. The van der Waals surface area contributed by atoms with E-state index in [4.69, 9.17) is 5.11 Å². The van der Waals surface area contributed by atoms with E-state index in [-0.39, 0.29) is 12.5 Å². The molecule has 5 heteroatoms. The van der Waals surface area contributed by atoms with Gasteiger partial charge in [0, 0.05) is 12.2 Å². The molecule has 5 nitrogen and oxygen atoms in total. The summed E-state index contributed by atoms with van der Waals surface area (Å²) in [6.45, 7) is 1.84. The first-order chi connectivity index (χ1) is 8.68. The van der Waals surface area contributed by atoms with Crippen LogP contribution >= 0.6 is 0 Å². The Bertz CT molecular complexity index is 520. The van der Waals surface area contributed by atoms with Crippen LogP contribution in [0.5, 0.6) is 0 Å². The van der Waals surface area contributed by atoms with Crippen molar-refractivity contribution in [3.8, 4) is 5.69 Å². The number of aliphatic hydroxyl groups excluding tert-OH is 1. The van der Waals surface area contributed by atoms with Gasteiger partial charge in [-0.25, -0.2) is 4.98 Å². The van der Waals surface area contributed by atoms with Crippen molar-refractivity contribution in [3.63, 3.8) is 0 Å². The largest absolute Gasteiger partial charge is 0.392 e. The minimum Gasteiger partial charge on any atom is -0.392 e. The second kappa shape index (κ2) is 5.46. The van der Waals surface area contributed by atoms with Crippen molar-refractivity contribution < 1.29 is 9.90 Å². The molecule has 2 N–H and O–H groups in total. The molecule has 1 aromatic heterocycles. The van der Waals surface area contributed by atoms with Gasteiger partial charge in [0.15, 0.2) is 0 Å². The van der Waals surface area contributed by atoms with E-state index in [2.05, 4.69) is 10.3 Å². The van der Waals surface area contributed by atoms with Gasteiger partial charge in [0.05, 0.1) is 18.6 Å². The van der Waals surface area contributed by atoms with Crippen molar-refractivity contribution >= 4 is 5.91 Å². The van der Waals surface area contributed by atoms with Crippen LogP contribution in [-0.4, -0.2) is 33.2 Å². The molecule has 0 bridgehead atoms. The van der Waals surface area contributed by atoms with Crippen LogP contribution < -0.4 is 5.32 Å². The summed E-state index contributed by atoms with van der Waals surface area (Å²) in [4.78, 5) is 15.9. The number of aromatic nitrogens is 2. The number of aliphatic hydroxyl groups is 1. The number of amides is 1. The minimum absolute atomic E-state index is 0.221. The predicted octanol–water partition coefficient (Wildman–Crippen LogP) is 0.983. The van der Waals surface area contributed by atoms with E-state index in [1.165, 1.54) is 6.20 Å². The maximum absolute atomic E-state index is 11.9. The van der Waals surface area contributed by atoms with E-state index in [9.17, 15) is 4.79 Å². The molecule has 0 unspecified atom stereocenters. The Morgan fingerprint density at radius 2 is 2.17 bits per heavy atom. The first-order valence-electron chi connectivity index (χ1n) is 5.72. The number of nitrogens with one attached hydrogen (secondary N) is 1. The number of carbonyl (C=O) groups is 1. The Labute approximate surface area is 105 Å². The molecule has 0 fully saturated rings. The normalized spacial score (nSPS) is 12.1. The van der Waals surface area contributed by atoms with E-state index >= 15 is 0 Å². The lowest BCUT2D eigenvalue weighted by atomic mass is 10.3. The van der Waals surface area contributed by atoms with Gasteiger partial charge in [-0.1, -0.05) is 18.2 Å². The molecular weight excluding hydrogens is 230 g/mol. The van der Waals surface area contributed by atoms with Crippen molar-refractivity contribution in [2.45, 2.75) is 13.0 Å². The summed E-state index contributed by atoms with van der Waals surface area (Å²) in [5.74, 6) is -0.253. The highest BCUT2D eigenvalue weighted by molar-refractivity contribution is 5.93. The third kappa shape index (κ3) is 2.75. The van der Waals surface area contributed by atoms with Crippen LogP contribution in [0.3, 0.4) is 0 Å². The molecule has 0 aliphatic carbocycles. The molecular formula is C13H15N3O2. The maximum Gasteiger partial charge on any atom is 0.270 e. The van der Waals surface area contributed by atoms with Crippen LogP contribution in [0.1, 0.15) is 17.4 Å². The van der Waals surface area contributed by atoms with Gasteiger partial charge < -0.3 is 10.4 Å². The van der Waals surface area contributed by atoms with Crippen molar-refractivity contribution in [1.29, 1.82) is 0 Å². The zero-order chi connectivity index (χ0) is 13.0. The zero-order valence-electron chi connectivity index (χ0n) is 10.1. The summed E-state index contributed by atoms with van der Waals surface area (Å²) >= 11 is 0. The number of nitrogens with zero attached hydrogens (tertiary/aromatic N) is 2. The van der Waals surface area contributed by atoms with Crippen LogP contribution in [0.4, 0.5) is 0 Å². The fourth-order valence-corrected chi connectivity index (χ4v) is 1.59. The van der Waals surface area contributed by atoms with Gasteiger partial charge in [-0.05, 0) is 19.1 Å². The zero-order valence-corrected chi connectivity index (χ0v) is 10.1. The molecule has 94 valence electrons. The van der Waals surface area contributed by atoms with Crippen LogP contribution in [-0.2, 0) is 0 Å². The molecule has 0 spiro atoms. The highest BCUT2D eigenvalue weighted by Crippen LogP contribution is 2.10. The average Bonchev–Trinajstić information content (AvgIpc) is 2.86. The summed E-state index contributed by atoms with van der Waals surface area (Å²) in [6, 6.07) is 9.49. The molecule has 0 aliphatic heterocycles. The van der Waals surface area contributed by atoms with E-state index in [0.717, 1.165) is 5.69 Å². The van der Waals surface area contributed by atoms with Crippen molar-refractivity contribution in [2.75, 3.05) is 6.54 Å². The Morgan fingerprint density at radius 3 is 2.83 bits per heavy atom. The van der Waals surface area contributed by atoms with Crippen molar-refractivity contribution in [3.05, 3.63) is 48.5 Å². The number of hydrogen-bond donors (Lipinski definition) is 2. The molecule has 1 heterocycles. The van der Waals surface area contributed by atoms with Gasteiger partial charge in [-0.3, -0.25) is 9.36 Å². The Hall–Kier alpha value is -2.14. The summed E-state index contributed by atoms with van der Waals surface area (Å²) in [7, 11) is 0. The van der Waals surface area contributed by atoms with Gasteiger partial charge in [0.25, 0.3) is 5.91 Å². The van der Waals surface area contributed by atoms with Crippen LogP contribution in [0.25, 0.3) is 5.69 Å². The Morgan fingerprint density at radius 1 is 1.44 bits per heavy atom. The fourth-order valence-electron chi connectivity index (χ4n) is 1.59. The Balaban J connectivity index is 2.20. The molecule has 18 heavy (non-hydrogen) atoms. The summed E-state index contributed by atoms with van der Waals surface area (Å²) in [5, 5.41) is 11.8. The quantitative estimate of drug-likeness (QED) is 0.844. The molecule has 1 aromatic carbocycles. The number of carbonyl (C=O) groups excluding carboxylic acids is 1. The lowest BCUT2D eigenvalue weighted by Crippen LogP contribution is -2.31.